The number of rotatable bonds is 3. The van der Waals surface area contributed by atoms with Gasteiger partial charge >= 0.3 is 5.97 Å². The van der Waals surface area contributed by atoms with Gasteiger partial charge in [-0.3, -0.25) is 9.59 Å². The number of hydrogen-bond donors (Lipinski definition) is 0. The van der Waals surface area contributed by atoms with E-state index in [1.165, 1.54) is 0 Å². The lowest BCUT2D eigenvalue weighted by Crippen LogP contribution is -2.11. The SMILES string of the molecule is Cc1oc2cc(OC(=O)C3CC3)ccc2c(=O)c1-c1ccccc1Cl. The second kappa shape index (κ2) is 6.05. The van der Waals surface area contributed by atoms with Gasteiger partial charge in [0.25, 0.3) is 0 Å². The summed E-state index contributed by atoms with van der Waals surface area (Å²) in [5.74, 6) is 0.631. The standard InChI is InChI=1S/C20H15ClO4/c1-11-18(14-4-2-3-5-16(14)21)19(22)15-9-8-13(10-17(15)24-11)25-20(23)12-6-7-12/h2-5,8-10,12H,6-7H2,1H3. The molecule has 1 heterocycles. The highest BCUT2D eigenvalue weighted by atomic mass is 35.5. The Morgan fingerprint density at radius 1 is 1.20 bits per heavy atom. The van der Waals surface area contributed by atoms with Crippen LogP contribution in [0, 0.1) is 12.8 Å². The summed E-state index contributed by atoms with van der Waals surface area (Å²) in [6.45, 7) is 1.72. The molecule has 5 heteroatoms. The van der Waals surface area contributed by atoms with Crippen molar-refractivity contribution in [2.75, 3.05) is 0 Å². The Morgan fingerprint density at radius 3 is 2.68 bits per heavy atom. The first-order chi connectivity index (χ1) is 12.0. The predicted molar refractivity (Wildman–Crippen MR) is 96.0 cm³/mol. The fourth-order valence-electron chi connectivity index (χ4n) is 2.84. The molecule has 1 saturated carbocycles. The van der Waals surface area contributed by atoms with Gasteiger partial charge in [-0.25, -0.2) is 0 Å². The lowest BCUT2D eigenvalue weighted by Gasteiger charge is -2.09. The van der Waals surface area contributed by atoms with Crippen molar-refractivity contribution in [3.63, 3.8) is 0 Å². The van der Waals surface area contributed by atoms with E-state index in [1.807, 2.05) is 12.1 Å². The van der Waals surface area contributed by atoms with Gasteiger partial charge in [0.2, 0.25) is 5.43 Å². The van der Waals surface area contributed by atoms with Gasteiger partial charge in [-0.05, 0) is 38.0 Å². The molecule has 1 aliphatic carbocycles. The van der Waals surface area contributed by atoms with Crippen LogP contribution in [0.3, 0.4) is 0 Å². The van der Waals surface area contributed by atoms with Gasteiger partial charge in [-0.2, -0.15) is 0 Å². The summed E-state index contributed by atoms with van der Waals surface area (Å²) in [4.78, 5) is 24.7. The largest absolute Gasteiger partial charge is 0.460 e. The summed E-state index contributed by atoms with van der Waals surface area (Å²) in [6.07, 6.45) is 1.75. The molecule has 1 aliphatic rings. The molecule has 0 spiro atoms. The van der Waals surface area contributed by atoms with Crippen molar-refractivity contribution in [1.29, 1.82) is 0 Å². The number of hydrogen-bond acceptors (Lipinski definition) is 4. The lowest BCUT2D eigenvalue weighted by molar-refractivity contribution is -0.135. The number of carbonyl (C=O) groups is 1. The molecule has 0 atom stereocenters. The summed E-state index contributed by atoms with van der Waals surface area (Å²) < 4.78 is 11.2. The van der Waals surface area contributed by atoms with E-state index in [2.05, 4.69) is 0 Å². The maximum Gasteiger partial charge on any atom is 0.314 e. The van der Waals surface area contributed by atoms with Gasteiger partial charge in [0.15, 0.2) is 0 Å². The second-order valence-electron chi connectivity index (χ2n) is 6.20. The highest BCUT2D eigenvalue weighted by Gasteiger charge is 2.31. The Labute approximate surface area is 149 Å². The van der Waals surface area contributed by atoms with Crippen molar-refractivity contribution >= 4 is 28.5 Å². The Balaban J connectivity index is 1.82. The van der Waals surface area contributed by atoms with Crippen LogP contribution in [0.25, 0.3) is 22.1 Å². The smallest absolute Gasteiger partial charge is 0.314 e. The number of esters is 1. The molecular weight excluding hydrogens is 340 g/mol. The quantitative estimate of drug-likeness (QED) is 0.503. The molecule has 0 bridgehead atoms. The molecule has 0 N–H and O–H groups in total. The maximum absolute atomic E-state index is 12.9. The zero-order valence-corrected chi connectivity index (χ0v) is 14.3. The molecule has 4 rings (SSSR count). The topological polar surface area (TPSA) is 56.5 Å². The first kappa shape index (κ1) is 15.9. The normalized spacial score (nSPS) is 13.8. The van der Waals surface area contributed by atoms with E-state index >= 15 is 0 Å². The number of ether oxygens (including phenoxy) is 1. The predicted octanol–water partition coefficient (Wildman–Crippen LogP) is 4.74. The zero-order chi connectivity index (χ0) is 17.6. The van der Waals surface area contributed by atoms with Gasteiger partial charge in [0, 0.05) is 16.7 Å². The molecule has 0 amide bonds. The molecule has 1 aromatic heterocycles. The monoisotopic (exact) mass is 354 g/mol. The molecule has 0 unspecified atom stereocenters. The van der Waals surface area contributed by atoms with Gasteiger partial charge in [-0.15, -0.1) is 0 Å². The Morgan fingerprint density at radius 2 is 1.96 bits per heavy atom. The third kappa shape index (κ3) is 2.94. The molecular formula is C20H15ClO4. The highest BCUT2D eigenvalue weighted by Crippen LogP contribution is 2.33. The fourth-order valence-corrected chi connectivity index (χ4v) is 3.07. The van der Waals surface area contributed by atoms with Crippen LogP contribution in [0.15, 0.2) is 51.7 Å². The van der Waals surface area contributed by atoms with Crippen molar-refractivity contribution in [1.82, 2.24) is 0 Å². The van der Waals surface area contributed by atoms with E-state index in [9.17, 15) is 9.59 Å². The number of aryl methyl sites for hydroxylation is 1. The van der Waals surface area contributed by atoms with E-state index in [1.54, 1.807) is 37.3 Å². The van der Waals surface area contributed by atoms with E-state index in [0.29, 0.717) is 38.6 Å². The number of benzene rings is 2. The van der Waals surface area contributed by atoms with Crippen LogP contribution in [-0.2, 0) is 4.79 Å². The van der Waals surface area contributed by atoms with Crippen molar-refractivity contribution < 1.29 is 13.9 Å². The average Bonchev–Trinajstić information content (AvgIpc) is 3.41. The third-order valence-corrected chi connectivity index (χ3v) is 4.64. The molecule has 1 fully saturated rings. The molecule has 0 radical (unpaired) electrons. The van der Waals surface area contributed by atoms with Gasteiger partial charge < -0.3 is 9.15 Å². The van der Waals surface area contributed by atoms with Crippen molar-refractivity contribution in [2.45, 2.75) is 19.8 Å². The summed E-state index contributed by atoms with van der Waals surface area (Å²) >= 11 is 6.23. The summed E-state index contributed by atoms with van der Waals surface area (Å²) in [6, 6.07) is 12.0. The molecule has 2 aromatic carbocycles. The fraction of sp³-hybridized carbons (Fsp3) is 0.200. The van der Waals surface area contributed by atoms with Gasteiger partial charge in [0.1, 0.15) is 17.1 Å². The summed E-state index contributed by atoms with van der Waals surface area (Å²) in [5.41, 5.74) is 1.31. The number of halogens is 1. The van der Waals surface area contributed by atoms with E-state index in [-0.39, 0.29) is 17.3 Å². The van der Waals surface area contributed by atoms with Crippen LogP contribution in [0.2, 0.25) is 5.02 Å². The minimum Gasteiger partial charge on any atom is -0.460 e. The van der Waals surface area contributed by atoms with Gasteiger partial charge in [0.05, 0.1) is 16.9 Å². The van der Waals surface area contributed by atoms with Crippen LogP contribution in [0.1, 0.15) is 18.6 Å². The Hall–Kier alpha value is -2.59. The van der Waals surface area contributed by atoms with Crippen LogP contribution >= 0.6 is 11.6 Å². The van der Waals surface area contributed by atoms with E-state index < -0.39 is 0 Å². The number of carbonyl (C=O) groups excluding carboxylic acids is 1. The molecule has 0 saturated heterocycles. The number of fused-ring (bicyclic) bond motifs is 1. The van der Waals surface area contributed by atoms with E-state index in [4.69, 9.17) is 20.8 Å². The molecule has 126 valence electrons. The van der Waals surface area contributed by atoms with E-state index in [0.717, 1.165) is 12.8 Å². The second-order valence-corrected chi connectivity index (χ2v) is 6.60. The van der Waals surface area contributed by atoms with Crippen LogP contribution in [-0.4, -0.2) is 5.97 Å². The zero-order valence-electron chi connectivity index (χ0n) is 13.5. The minimum atomic E-state index is -0.230. The maximum atomic E-state index is 12.9. The summed E-state index contributed by atoms with van der Waals surface area (Å²) in [5, 5.41) is 0.916. The molecule has 4 nitrogen and oxygen atoms in total. The first-order valence-electron chi connectivity index (χ1n) is 8.08. The van der Waals surface area contributed by atoms with Crippen molar-refractivity contribution in [3.8, 4) is 16.9 Å². The average molecular weight is 355 g/mol. The van der Waals surface area contributed by atoms with Crippen molar-refractivity contribution in [2.24, 2.45) is 5.92 Å². The Bertz CT molecular complexity index is 1050. The molecule has 3 aromatic rings. The van der Waals surface area contributed by atoms with Gasteiger partial charge in [-0.1, -0.05) is 29.8 Å². The lowest BCUT2D eigenvalue weighted by atomic mass is 10.0. The molecule has 25 heavy (non-hydrogen) atoms. The highest BCUT2D eigenvalue weighted by molar-refractivity contribution is 6.33. The summed E-state index contributed by atoms with van der Waals surface area (Å²) in [7, 11) is 0. The molecule has 0 aliphatic heterocycles. The van der Waals surface area contributed by atoms with Crippen LogP contribution in [0.5, 0.6) is 5.75 Å². The van der Waals surface area contributed by atoms with Crippen molar-refractivity contribution in [3.05, 3.63) is 63.5 Å². The minimum absolute atomic E-state index is 0.00652. The van der Waals surface area contributed by atoms with Crippen LogP contribution < -0.4 is 10.2 Å². The van der Waals surface area contributed by atoms with Crippen LogP contribution in [0.4, 0.5) is 0 Å². The first-order valence-corrected chi connectivity index (χ1v) is 8.46. The third-order valence-electron chi connectivity index (χ3n) is 4.31. The Kier molecular flexibility index (Phi) is 3.85.